The van der Waals surface area contributed by atoms with Crippen LogP contribution in [0.25, 0.3) is 11.0 Å². The number of hydrogen-bond donors (Lipinski definition) is 3. The molecule has 3 saturated carbocycles. The molecular weight excluding hydrogens is 532 g/mol. The van der Waals surface area contributed by atoms with Crippen LogP contribution in [0.5, 0.6) is 0 Å². The number of nitrogens with two attached hydrogens (primary N) is 1. The van der Waals surface area contributed by atoms with E-state index in [1.807, 2.05) is 12.1 Å². The van der Waals surface area contributed by atoms with Crippen LogP contribution >= 0.6 is 0 Å². The summed E-state index contributed by atoms with van der Waals surface area (Å²) in [5, 5.41) is 10.6. The molecule has 0 spiro atoms. The minimum atomic E-state index is -2.75. The molecule has 0 bridgehead atoms. The van der Waals surface area contributed by atoms with Crippen LogP contribution in [0.4, 0.5) is 17.6 Å². The third-order valence-electron chi connectivity index (χ3n) is 8.51. The second-order valence-corrected chi connectivity index (χ2v) is 11.6. The number of primary amides is 1. The standard InChI is InChI=1S/C27H30F4N6O3/c28-26(29)7-5-14(6-8-26)20(22-23(24(32)39)37-40-36-22)25-33-17-4-3-16(10-18(17)34-25)21(15-1-2-15)35-19(38)9-13-11-27(30,31)12-13/h3-4,10,13-15,20-21H,1-2,5-9,11-12H2,(H2,32,39)(H,33,34)(H,35,38)/t20-,21+/m0/s1. The predicted octanol–water partition coefficient (Wildman–Crippen LogP) is 5.00. The number of imidazole rings is 1. The van der Waals surface area contributed by atoms with Gasteiger partial charge in [-0.3, -0.25) is 9.59 Å². The SMILES string of the molecule is NC(=O)c1nonc1[C@@H](c1nc2ccc([C@H](NC(=O)CC3CC(F)(F)C3)C3CC3)cc2[nH]1)C1CCC(F)(F)CC1. The van der Waals surface area contributed by atoms with Crippen molar-refractivity contribution in [2.24, 2.45) is 23.5 Å². The van der Waals surface area contributed by atoms with Crippen molar-refractivity contribution in [2.45, 2.75) is 81.6 Å². The molecule has 3 aromatic rings. The summed E-state index contributed by atoms with van der Waals surface area (Å²) >= 11 is 0. The number of amides is 2. The number of nitrogens with one attached hydrogen (secondary N) is 2. The molecule has 13 heteroatoms. The average Bonchev–Trinajstić information content (AvgIpc) is 3.43. The van der Waals surface area contributed by atoms with E-state index in [0.29, 0.717) is 16.9 Å². The first-order valence-corrected chi connectivity index (χ1v) is 13.6. The van der Waals surface area contributed by atoms with Gasteiger partial charge in [-0.2, -0.15) is 0 Å². The van der Waals surface area contributed by atoms with Gasteiger partial charge in [0.05, 0.1) is 23.0 Å². The molecule has 2 amide bonds. The molecule has 3 fully saturated rings. The lowest BCUT2D eigenvalue weighted by Gasteiger charge is -2.34. The molecule has 6 rings (SSSR count). The third-order valence-corrected chi connectivity index (χ3v) is 8.51. The Balaban J connectivity index is 1.27. The monoisotopic (exact) mass is 562 g/mol. The van der Waals surface area contributed by atoms with Crippen molar-refractivity contribution in [3.05, 3.63) is 41.0 Å². The molecule has 3 aliphatic carbocycles. The van der Waals surface area contributed by atoms with Gasteiger partial charge >= 0.3 is 0 Å². The highest BCUT2D eigenvalue weighted by atomic mass is 19.3. The van der Waals surface area contributed by atoms with Gasteiger partial charge in [0.15, 0.2) is 5.69 Å². The first-order valence-electron chi connectivity index (χ1n) is 13.6. The second kappa shape index (κ2) is 9.84. The highest BCUT2D eigenvalue weighted by Crippen LogP contribution is 2.46. The Morgan fingerprint density at radius 1 is 1.05 bits per heavy atom. The fraction of sp³-hybridized carbons (Fsp3) is 0.593. The number of fused-ring (bicyclic) bond motifs is 1. The molecule has 2 aromatic heterocycles. The lowest BCUT2D eigenvalue weighted by Crippen LogP contribution is -2.39. The Labute approximate surface area is 226 Å². The fourth-order valence-electron chi connectivity index (χ4n) is 6.26. The maximum atomic E-state index is 14.0. The van der Waals surface area contributed by atoms with E-state index in [4.69, 9.17) is 15.3 Å². The lowest BCUT2D eigenvalue weighted by atomic mass is 9.76. The first-order chi connectivity index (χ1) is 19.0. The van der Waals surface area contributed by atoms with Crippen LogP contribution in [0.3, 0.4) is 0 Å². The zero-order valence-corrected chi connectivity index (χ0v) is 21.6. The van der Waals surface area contributed by atoms with Crippen LogP contribution in [-0.2, 0) is 4.79 Å². The van der Waals surface area contributed by atoms with Crippen LogP contribution < -0.4 is 11.1 Å². The molecule has 3 aliphatic rings. The number of aromatic amines is 1. The summed E-state index contributed by atoms with van der Waals surface area (Å²) in [6.07, 6.45) is 1.25. The molecule has 0 unspecified atom stereocenters. The maximum Gasteiger partial charge on any atom is 0.272 e. The average molecular weight is 563 g/mol. The first kappa shape index (κ1) is 26.7. The van der Waals surface area contributed by atoms with Crippen molar-refractivity contribution in [1.82, 2.24) is 25.6 Å². The minimum Gasteiger partial charge on any atom is -0.364 e. The Morgan fingerprint density at radius 2 is 1.77 bits per heavy atom. The lowest BCUT2D eigenvalue weighted by molar-refractivity contribution is -0.134. The van der Waals surface area contributed by atoms with Gasteiger partial charge in [-0.15, -0.1) is 0 Å². The number of halogens is 4. The van der Waals surface area contributed by atoms with Gasteiger partial charge < -0.3 is 16.0 Å². The summed E-state index contributed by atoms with van der Waals surface area (Å²) in [5.74, 6) is -7.09. The highest BCUT2D eigenvalue weighted by Gasteiger charge is 2.46. The van der Waals surface area contributed by atoms with Crippen LogP contribution in [0.1, 0.15) is 97.3 Å². The number of carbonyl (C=O) groups is 2. The van der Waals surface area contributed by atoms with E-state index in [-0.39, 0.29) is 86.0 Å². The molecule has 0 saturated heterocycles. The topological polar surface area (TPSA) is 140 Å². The summed E-state index contributed by atoms with van der Waals surface area (Å²) in [4.78, 5) is 32.7. The van der Waals surface area contributed by atoms with E-state index in [2.05, 4.69) is 20.6 Å². The summed E-state index contributed by atoms with van der Waals surface area (Å²) in [7, 11) is 0. The largest absolute Gasteiger partial charge is 0.364 e. The minimum absolute atomic E-state index is 0.0747. The molecule has 4 N–H and O–H groups in total. The summed E-state index contributed by atoms with van der Waals surface area (Å²) in [6.45, 7) is 0. The van der Waals surface area contributed by atoms with Gasteiger partial charge in [-0.05, 0) is 66.3 Å². The van der Waals surface area contributed by atoms with Crippen LogP contribution in [0, 0.1) is 17.8 Å². The number of hydrogen-bond acceptors (Lipinski definition) is 6. The molecule has 2 atom stereocenters. The number of H-pyrrole nitrogens is 1. The van der Waals surface area contributed by atoms with Gasteiger partial charge in [0, 0.05) is 32.1 Å². The zero-order valence-electron chi connectivity index (χ0n) is 21.6. The van der Waals surface area contributed by atoms with Crippen molar-refractivity contribution in [3.63, 3.8) is 0 Å². The number of alkyl halides is 4. The van der Waals surface area contributed by atoms with E-state index in [1.165, 1.54) is 0 Å². The van der Waals surface area contributed by atoms with Gasteiger partial charge in [0.25, 0.3) is 5.91 Å². The van der Waals surface area contributed by atoms with Crippen LogP contribution in [0.15, 0.2) is 22.8 Å². The van der Waals surface area contributed by atoms with Crippen molar-refractivity contribution in [2.75, 3.05) is 0 Å². The van der Waals surface area contributed by atoms with Crippen molar-refractivity contribution >= 4 is 22.8 Å². The van der Waals surface area contributed by atoms with E-state index in [0.717, 1.165) is 18.4 Å². The number of benzene rings is 1. The van der Waals surface area contributed by atoms with Gasteiger partial charge in [-0.1, -0.05) is 11.2 Å². The predicted molar refractivity (Wildman–Crippen MR) is 134 cm³/mol. The van der Waals surface area contributed by atoms with Gasteiger partial charge in [-0.25, -0.2) is 27.2 Å². The van der Waals surface area contributed by atoms with Crippen molar-refractivity contribution in [1.29, 1.82) is 0 Å². The Bertz CT molecular complexity index is 1420. The quantitative estimate of drug-likeness (QED) is 0.314. The zero-order chi connectivity index (χ0) is 28.2. The van der Waals surface area contributed by atoms with E-state index in [9.17, 15) is 27.2 Å². The molecule has 0 radical (unpaired) electrons. The van der Waals surface area contributed by atoms with E-state index >= 15 is 0 Å². The Kier molecular flexibility index (Phi) is 6.57. The number of nitrogens with zero attached hydrogens (tertiary/aromatic N) is 3. The molecule has 214 valence electrons. The molecule has 40 heavy (non-hydrogen) atoms. The normalized spacial score (nSPS) is 22.5. The smallest absolute Gasteiger partial charge is 0.272 e. The van der Waals surface area contributed by atoms with Crippen LogP contribution in [0.2, 0.25) is 0 Å². The van der Waals surface area contributed by atoms with E-state index < -0.39 is 23.7 Å². The number of rotatable bonds is 9. The Morgan fingerprint density at radius 3 is 2.42 bits per heavy atom. The van der Waals surface area contributed by atoms with Gasteiger partial charge in [0.2, 0.25) is 17.8 Å². The molecular formula is C27H30F4N6O3. The van der Waals surface area contributed by atoms with E-state index in [1.54, 1.807) is 6.07 Å². The van der Waals surface area contributed by atoms with Gasteiger partial charge in [0.1, 0.15) is 11.5 Å². The molecule has 2 heterocycles. The maximum absolute atomic E-state index is 14.0. The summed E-state index contributed by atoms with van der Waals surface area (Å²) in [6, 6.07) is 5.30. The van der Waals surface area contributed by atoms with Crippen LogP contribution in [-0.4, -0.2) is 43.9 Å². The molecule has 9 nitrogen and oxygen atoms in total. The fourth-order valence-corrected chi connectivity index (χ4v) is 6.26. The Hall–Kier alpha value is -3.51. The second-order valence-electron chi connectivity index (χ2n) is 11.6. The summed E-state index contributed by atoms with van der Waals surface area (Å²) < 4.78 is 59.2. The third kappa shape index (κ3) is 5.42. The molecule has 0 aliphatic heterocycles. The number of aromatic nitrogens is 4. The summed E-state index contributed by atoms with van der Waals surface area (Å²) in [5.41, 5.74) is 7.60. The molecule has 1 aromatic carbocycles. The van der Waals surface area contributed by atoms with Crippen molar-refractivity contribution in [3.8, 4) is 0 Å². The highest BCUT2D eigenvalue weighted by molar-refractivity contribution is 5.92. The van der Waals surface area contributed by atoms with Crippen molar-refractivity contribution < 1.29 is 31.8 Å². The number of carbonyl (C=O) groups excluding carboxylic acids is 2.